The highest BCUT2D eigenvalue weighted by molar-refractivity contribution is 7.90. The Morgan fingerprint density at radius 3 is 2.41 bits per heavy atom. The molecule has 0 bridgehead atoms. The Bertz CT molecular complexity index is 730. The van der Waals surface area contributed by atoms with Crippen LogP contribution in [0.5, 0.6) is 0 Å². The predicted octanol–water partition coefficient (Wildman–Crippen LogP) is 3.01. The van der Waals surface area contributed by atoms with E-state index < -0.39 is 9.84 Å². The van der Waals surface area contributed by atoms with Gasteiger partial charge >= 0.3 is 0 Å². The maximum absolute atomic E-state index is 13.3. The number of rotatable bonds is 6. The van der Waals surface area contributed by atoms with E-state index >= 15 is 0 Å². The van der Waals surface area contributed by atoms with Crippen LogP contribution in [0.1, 0.15) is 22.7 Å². The molecule has 0 spiro atoms. The van der Waals surface area contributed by atoms with Crippen molar-refractivity contribution < 1.29 is 12.8 Å². The molecule has 0 saturated heterocycles. The third kappa shape index (κ3) is 4.93. The Morgan fingerprint density at radius 2 is 1.82 bits per heavy atom. The first-order valence-corrected chi connectivity index (χ1v) is 9.12. The molecule has 1 unspecified atom stereocenters. The molecule has 0 aliphatic heterocycles. The van der Waals surface area contributed by atoms with Crippen LogP contribution in [0.3, 0.4) is 0 Å². The number of halogens is 1. The Morgan fingerprint density at radius 1 is 1.14 bits per heavy atom. The quantitative estimate of drug-likeness (QED) is 0.889. The van der Waals surface area contributed by atoms with Gasteiger partial charge in [-0.1, -0.05) is 42.5 Å². The van der Waals surface area contributed by atoms with Gasteiger partial charge in [-0.2, -0.15) is 0 Å². The molecule has 1 N–H and O–H groups in total. The summed E-state index contributed by atoms with van der Waals surface area (Å²) in [6.45, 7) is 2.19. The fraction of sp³-hybridized carbons (Fsp3) is 0.294. The summed E-state index contributed by atoms with van der Waals surface area (Å²) in [5, 5.41) is 3.25. The molecule has 3 nitrogen and oxygen atoms in total. The molecule has 0 saturated carbocycles. The first-order chi connectivity index (χ1) is 10.3. The first-order valence-electron chi connectivity index (χ1n) is 7.06. The van der Waals surface area contributed by atoms with Crippen molar-refractivity contribution in [2.45, 2.75) is 19.5 Å². The van der Waals surface area contributed by atoms with E-state index in [0.717, 1.165) is 11.1 Å². The smallest absolute Gasteiger partial charge is 0.149 e. The third-order valence-electron chi connectivity index (χ3n) is 3.45. The number of aryl methyl sites for hydroxylation is 1. The van der Waals surface area contributed by atoms with Crippen LogP contribution < -0.4 is 5.32 Å². The minimum absolute atomic E-state index is 0.0250. The zero-order valence-electron chi connectivity index (χ0n) is 12.7. The van der Waals surface area contributed by atoms with Gasteiger partial charge in [-0.05, 0) is 29.7 Å². The lowest BCUT2D eigenvalue weighted by Gasteiger charge is -2.18. The van der Waals surface area contributed by atoms with Crippen molar-refractivity contribution in [2.24, 2.45) is 0 Å². The Kier molecular flexibility index (Phi) is 5.32. The van der Waals surface area contributed by atoms with E-state index in [9.17, 15) is 12.8 Å². The average Bonchev–Trinajstić information content (AvgIpc) is 2.47. The Balaban J connectivity index is 2.14. The highest BCUT2D eigenvalue weighted by Crippen LogP contribution is 2.16. The molecule has 0 aliphatic carbocycles. The van der Waals surface area contributed by atoms with Gasteiger partial charge in [-0.25, -0.2) is 12.8 Å². The van der Waals surface area contributed by atoms with Gasteiger partial charge < -0.3 is 5.32 Å². The molecule has 0 amide bonds. The summed E-state index contributed by atoms with van der Waals surface area (Å²) < 4.78 is 36.6. The maximum atomic E-state index is 13.3. The maximum Gasteiger partial charge on any atom is 0.149 e. The molecule has 2 aromatic carbocycles. The zero-order chi connectivity index (χ0) is 16.2. The highest BCUT2D eigenvalue weighted by atomic mass is 32.2. The molecular formula is C17H20FNO2S. The van der Waals surface area contributed by atoms with Crippen LogP contribution >= 0.6 is 0 Å². The van der Waals surface area contributed by atoms with Crippen molar-refractivity contribution in [3.63, 3.8) is 0 Å². The van der Waals surface area contributed by atoms with Gasteiger partial charge in [0, 0.05) is 18.8 Å². The molecule has 2 rings (SSSR count). The summed E-state index contributed by atoms with van der Waals surface area (Å²) in [4.78, 5) is 0. The van der Waals surface area contributed by atoms with Gasteiger partial charge in [0.25, 0.3) is 0 Å². The van der Waals surface area contributed by atoms with Gasteiger partial charge in [0.2, 0.25) is 0 Å². The van der Waals surface area contributed by atoms with Crippen LogP contribution in [0.15, 0.2) is 48.5 Å². The van der Waals surface area contributed by atoms with Crippen molar-refractivity contribution >= 4 is 9.84 Å². The second-order valence-corrected chi connectivity index (χ2v) is 7.70. The molecule has 0 aromatic heterocycles. The molecule has 22 heavy (non-hydrogen) atoms. The Labute approximate surface area is 131 Å². The van der Waals surface area contributed by atoms with E-state index in [-0.39, 0.29) is 17.6 Å². The summed E-state index contributed by atoms with van der Waals surface area (Å²) in [7, 11) is -3.11. The average molecular weight is 321 g/mol. The SMILES string of the molecule is Cc1cc(CNC(CS(C)(=O)=O)c2ccccc2)ccc1F. The summed E-state index contributed by atoms with van der Waals surface area (Å²) in [6.07, 6.45) is 1.23. The van der Waals surface area contributed by atoms with Crippen LogP contribution in [-0.4, -0.2) is 20.4 Å². The lowest BCUT2D eigenvalue weighted by Crippen LogP contribution is -2.27. The molecule has 118 valence electrons. The highest BCUT2D eigenvalue weighted by Gasteiger charge is 2.17. The van der Waals surface area contributed by atoms with Crippen LogP contribution in [0.4, 0.5) is 4.39 Å². The topological polar surface area (TPSA) is 46.2 Å². The summed E-state index contributed by atoms with van der Waals surface area (Å²) in [5.74, 6) is -0.212. The summed E-state index contributed by atoms with van der Waals surface area (Å²) in [6, 6.07) is 14.1. The molecule has 2 aromatic rings. The van der Waals surface area contributed by atoms with Crippen molar-refractivity contribution in [1.82, 2.24) is 5.32 Å². The number of benzene rings is 2. The van der Waals surface area contributed by atoms with E-state index in [1.54, 1.807) is 19.1 Å². The number of sulfone groups is 1. The van der Waals surface area contributed by atoms with E-state index in [1.165, 1.54) is 12.3 Å². The van der Waals surface area contributed by atoms with Crippen LogP contribution in [-0.2, 0) is 16.4 Å². The van der Waals surface area contributed by atoms with Crippen molar-refractivity contribution in [3.05, 3.63) is 71.0 Å². The van der Waals surface area contributed by atoms with Crippen LogP contribution in [0, 0.1) is 12.7 Å². The van der Waals surface area contributed by atoms with Crippen LogP contribution in [0.2, 0.25) is 0 Å². The minimum atomic E-state index is -3.11. The lowest BCUT2D eigenvalue weighted by atomic mass is 10.1. The van der Waals surface area contributed by atoms with Crippen LogP contribution in [0.25, 0.3) is 0 Å². The fourth-order valence-corrected chi connectivity index (χ4v) is 3.23. The second kappa shape index (κ2) is 7.03. The van der Waals surface area contributed by atoms with Crippen molar-refractivity contribution in [2.75, 3.05) is 12.0 Å². The molecule has 1 atom stereocenters. The summed E-state index contributed by atoms with van der Waals surface area (Å²) in [5.41, 5.74) is 2.43. The zero-order valence-corrected chi connectivity index (χ0v) is 13.5. The van der Waals surface area contributed by atoms with Gasteiger partial charge in [0.05, 0.1) is 5.75 Å². The largest absolute Gasteiger partial charge is 0.305 e. The van der Waals surface area contributed by atoms with E-state index in [0.29, 0.717) is 12.1 Å². The Hall–Kier alpha value is -1.72. The van der Waals surface area contributed by atoms with Gasteiger partial charge in [0.1, 0.15) is 15.7 Å². The van der Waals surface area contributed by atoms with Crippen molar-refractivity contribution in [3.8, 4) is 0 Å². The van der Waals surface area contributed by atoms with E-state index in [1.807, 2.05) is 30.3 Å². The fourth-order valence-electron chi connectivity index (χ4n) is 2.32. The normalized spacial score (nSPS) is 13.0. The molecular weight excluding hydrogens is 301 g/mol. The first kappa shape index (κ1) is 16.6. The molecule has 0 radical (unpaired) electrons. The van der Waals surface area contributed by atoms with Crippen molar-refractivity contribution in [1.29, 1.82) is 0 Å². The van der Waals surface area contributed by atoms with Gasteiger partial charge in [-0.3, -0.25) is 0 Å². The van der Waals surface area contributed by atoms with E-state index in [2.05, 4.69) is 5.32 Å². The number of nitrogens with one attached hydrogen (secondary N) is 1. The molecule has 0 heterocycles. The monoisotopic (exact) mass is 321 g/mol. The predicted molar refractivity (Wildman–Crippen MR) is 86.9 cm³/mol. The van der Waals surface area contributed by atoms with Gasteiger partial charge in [-0.15, -0.1) is 0 Å². The second-order valence-electron chi connectivity index (χ2n) is 5.52. The molecule has 0 fully saturated rings. The van der Waals surface area contributed by atoms with E-state index in [4.69, 9.17) is 0 Å². The number of hydrogen-bond acceptors (Lipinski definition) is 3. The third-order valence-corrected chi connectivity index (χ3v) is 4.39. The number of hydrogen-bond donors (Lipinski definition) is 1. The minimum Gasteiger partial charge on any atom is -0.305 e. The lowest BCUT2D eigenvalue weighted by molar-refractivity contribution is 0.550. The standard InChI is InChI=1S/C17H20FNO2S/c1-13-10-14(8-9-16(13)18)11-19-17(12-22(2,20)21)15-6-4-3-5-7-15/h3-10,17,19H,11-12H2,1-2H3. The molecule has 5 heteroatoms. The van der Waals surface area contributed by atoms with Gasteiger partial charge in [0.15, 0.2) is 0 Å². The molecule has 0 aliphatic rings. The summed E-state index contributed by atoms with van der Waals surface area (Å²) >= 11 is 0.